The normalized spacial score (nSPS) is 11.2. The quantitative estimate of drug-likeness (QED) is 0.258. The van der Waals surface area contributed by atoms with Gasteiger partial charge < -0.3 is 15.3 Å². The van der Waals surface area contributed by atoms with Crippen LogP contribution >= 0.6 is 0 Å². The van der Waals surface area contributed by atoms with E-state index in [0.717, 1.165) is 49.8 Å². The number of aromatic amines is 2. The van der Waals surface area contributed by atoms with Crippen molar-refractivity contribution < 1.29 is 9.18 Å². The molecule has 0 aliphatic heterocycles. The second kappa shape index (κ2) is 9.15. The Kier molecular flexibility index (Phi) is 5.54. The first-order valence-electron chi connectivity index (χ1n) is 11.8. The molecule has 0 saturated carbocycles. The zero-order valence-electron chi connectivity index (χ0n) is 19.4. The molecule has 0 fully saturated rings. The van der Waals surface area contributed by atoms with Crippen LogP contribution in [0.4, 0.5) is 4.39 Å². The van der Waals surface area contributed by atoms with Crippen molar-refractivity contribution in [1.29, 1.82) is 0 Å². The molecule has 6 heteroatoms. The summed E-state index contributed by atoms with van der Waals surface area (Å²) >= 11 is 0. The molecule has 0 spiro atoms. The Bertz CT molecular complexity index is 1700. The van der Waals surface area contributed by atoms with Gasteiger partial charge in [0.05, 0.1) is 5.69 Å². The molecule has 6 aromatic rings. The Morgan fingerprint density at radius 2 is 1.69 bits per heavy atom. The molecule has 176 valence electrons. The third-order valence-corrected chi connectivity index (χ3v) is 6.49. The maximum Gasteiger partial charge on any atom is 0.251 e. The molecule has 0 bridgehead atoms. The molecule has 0 aliphatic carbocycles. The van der Waals surface area contributed by atoms with E-state index in [4.69, 9.17) is 0 Å². The third-order valence-electron chi connectivity index (χ3n) is 6.49. The standard InChI is InChI=1S/C30H23FN4O/c31-23-7-8-24-22(17-34-29(24)16-23)11-13-33-30(36)21-10-12-32-28(15-21)20-6-9-27-25(14-20)26(18-35-27)19-4-2-1-3-5-19/h1-10,12,14-18,34-35H,11,13H2,(H,33,36). The summed E-state index contributed by atoms with van der Waals surface area (Å²) in [7, 11) is 0. The lowest BCUT2D eigenvalue weighted by Crippen LogP contribution is -2.25. The minimum absolute atomic E-state index is 0.155. The van der Waals surface area contributed by atoms with E-state index in [1.54, 1.807) is 18.3 Å². The van der Waals surface area contributed by atoms with Crippen LogP contribution in [0.1, 0.15) is 15.9 Å². The van der Waals surface area contributed by atoms with Crippen LogP contribution in [0, 0.1) is 5.82 Å². The number of hydrogen-bond acceptors (Lipinski definition) is 2. The van der Waals surface area contributed by atoms with Crippen LogP contribution in [0.2, 0.25) is 0 Å². The van der Waals surface area contributed by atoms with E-state index in [1.807, 2.05) is 48.8 Å². The first-order chi connectivity index (χ1) is 17.7. The molecule has 1 amide bonds. The Labute approximate surface area is 207 Å². The van der Waals surface area contributed by atoms with E-state index in [1.165, 1.54) is 12.1 Å². The molecular formula is C30H23FN4O. The molecule has 3 heterocycles. The average Bonchev–Trinajstić information content (AvgIpc) is 3.52. The van der Waals surface area contributed by atoms with Crippen LogP contribution in [0.15, 0.2) is 97.5 Å². The van der Waals surface area contributed by atoms with Crippen molar-refractivity contribution in [1.82, 2.24) is 20.3 Å². The van der Waals surface area contributed by atoms with Gasteiger partial charge in [0.1, 0.15) is 5.82 Å². The summed E-state index contributed by atoms with van der Waals surface area (Å²) in [4.78, 5) is 23.8. The molecular weight excluding hydrogens is 451 g/mol. The minimum atomic E-state index is -0.273. The number of nitrogens with one attached hydrogen (secondary N) is 3. The Morgan fingerprint density at radius 3 is 2.58 bits per heavy atom. The van der Waals surface area contributed by atoms with Crippen molar-refractivity contribution >= 4 is 27.7 Å². The topological polar surface area (TPSA) is 73.6 Å². The van der Waals surface area contributed by atoms with Crippen LogP contribution in [0.25, 0.3) is 44.2 Å². The zero-order chi connectivity index (χ0) is 24.5. The van der Waals surface area contributed by atoms with Crippen molar-refractivity contribution in [2.24, 2.45) is 0 Å². The van der Waals surface area contributed by atoms with E-state index in [0.29, 0.717) is 18.5 Å². The van der Waals surface area contributed by atoms with Gasteiger partial charge in [0.15, 0.2) is 0 Å². The van der Waals surface area contributed by atoms with Gasteiger partial charge in [-0.1, -0.05) is 36.4 Å². The number of benzene rings is 3. The van der Waals surface area contributed by atoms with E-state index in [2.05, 4.69) is 38.5 Å². The summed E-state index contributed by atoms with van der Waals surface area (Å²) in [5.74, 6) is -0.429. The summed E-state index contributed by atoms with van der Waals surface area (Å²) in [6, 6.07) is 24.6. The van der Waals surface area contributed by atoms with Crippen LogP contribution in [-0.4, -0.2) is 27.4 Å². The van der Waals surface area contributed by atoms with Gasteiger partial charge in [-0.2, -0.15) is 0 Å². The minimum Gasteiger partial charge on any atom is -0.361 e. The lowest BCUT2D eigenvalue weighted by Gasteiger charge is -2.08. The number of hydrogen-bond donors (Lipinski definition) is 3. The molecule has 36 heavy (non-hydrogen) atoms. The van der Waals surface area contributed by atoms with Crippen molar-refractivity contribution in [2.75, 3.05) is 6.54 Å². The summed E-state index contributed by atoms with van der Waals surface area (Å²) in [5, 5.41) is 5.06. The molecule has 0 radical (unpaired) electrons. The third kappa shape index (κ3) is 4.14. The molecule has 5 nitrogen and oxygen atoms in total. The average molecular weight is 475 g/mol. The van der Waals surface area contributed by atoms with E-state index in [9.17, 15) is 9.18 Å². The zero-order valence-corrected chi connectivity index (χ0v) is 19.4. The molecule has 0 aliphatic rings. The van der Waals surface area contributed by atoms with Crippen molar-refractivity contribution in [3.63, 3.8) is 0 Å². The first-order valence-corrected chi connectivity index (χ1v) is 11.8. The van der Waals surface area contributed by atoms with Crippen LogP contribution in [0.3, 0.4) is 0 Å². The predicted molar refractivity (Wildman–Crippen MR) is 141 cm³/mol. The SMILES string of the molecule is O=C(NCCc1c[nH]c2cc(F)ccc12)c1ccnc(-c2ccc3[nH]cc(-c4ccccc4)c3c2)c1. The number of amides is 1. The van der Waals surface area contributed by atoms with Gasteiger partial charge in [0.2, 0.25) is 0 Å². The Balaban J connectivity index is 1.20. The van der Waals surface area contributed by atoms with Gasteiger partial charge in [0, 0.05) is 63.6 Å². The largest absolute Gasteiger partial charge is 0.361 e. The van der Waals surface area contributed by atoms with Crippen molar-refractivity contribution in [3.05, 3.63) is 114 Å². The number of fused-ring (bicyclic) bond motifs is 2. The monoisotopic (exact) mass is 474 g/mol. The highest BCUT2D eigenvalue weighted by Gasteiger charge is 2.12. The van der Waals surface area contributed by atoms with Crippen molar-refractivity contribution in [2.45, 2.75) is 6.42 Å². The number of aromatic nitrogens is 3. The van der Waals surface area contributed by atoms with E-state index in [-0.39, 0.29) is 11.7 Å². The number of pyridine rings is 1. The number of H-pyrrole nitrogens is 2. The fraction of sp³-hybridized carbons (Fsp3) is 0.0667. The molecule has 3 N–H and O–H groups in total. The van der Waals surface area contributed by atoms with Gasteiger partial charge >= 0.3 is 0 Å². The highest BCUT2D eigenvalue weighted by atomic mass is 19.1. The fourth-order valence-corrected chi connectivity index (χ4v) is 4.64. The van der Waals surface area contributed by atoms with Crippen LogP contribution < -0.4 is 5.32 Å². The van der Waals surface area contributed by atoms with Crippen LogP contribution in [0.5, 0.6) is 0 Å². The first kappa shape index (κ1) is 21.8. The molecule has 0 unspecified atom stereocenters. The summed E-state index contributed by atoms with van der Waals surface area (Å²) in [6.07, 6.45) is 6.19. The molecule has 0 saturated heterocycles. The second-order valence-electron chi connectivity index (χ2n) is 8.77. The number of rotatable bonds is 6. The van der Waals surface area contributed by atoms with Crippen LogP contribution in [-0.2, 0) is 6.42 Å². The highest BCUT2D eigenvalue weighted by molar-refractivity contribution is 5.99. The molecule has 0 atom stereocenters. The van der Waals surface area contributed by atoms with Crippen molar-refractivity contribution in [3.8, 4) is 22.4 Å². The summed E-state index contributed by atoms with van der Waals surface area (Å²) < 4.78 is 13.4. The lowest BCUT2D eigenvalue weighted by molar-refractivity contribution is 0.0954. The number of halogens is 1. The van der Waals surface area contributed by atoms with Gasteiger partial charge in [-0.05, 0) is 60.0 Å². The lowest BCUT2D eigenvalue weighted by atomic mass is 10.0. The molecule has 3 aromatic carbocycles. The maximum atomic E-state index is 13.4. The van der Waals surface area contributed by atoms with Gasteiger partial charge in [-0.25, -0.2) is 4.39 Å². The van der Waals surface area contributed by atoms with Gasteiger partial charge in [-0.15, -0.1) is 0 Å². The second-order valence-corrected chi connectivity index (χ2v) is 8.77. The molecule has 6 rings (SSSR count). The fourth-order valence-electron chi connectivity index (χ4n) is 4.64. The number of nitrogens with zero attached hydrogens (tertiary/aromatic N) is 1. The van der Waals surface area contributed by atoms with E-state index < -0.39 is 0 Å². The summed E-state index contributed by atoms with van der Waals surface area (Å²) in [6.45, 7) is 0.469. The van der Waals surface area contributed by atoms with Gasteiger partial charge in [-0.3, -0.25) is 9.78 Å². The maximum absolute atomic E-state index is 13.4. The number of carbonyl (C=O) groups is 1. The predicted octanol–water partition coefficient (Wildman–Crippen LogP) is 6.49. The highest BCUT2D eigenvalue weighted by Crippen LogP contribution is 2.31. The number of carbonyl (C=O) groups excluding carboxylic acids is 1. The Hall–Kier alpha value is -4.71. The summed E-state index contributed by atoms with van der Waals surface area (Å²) in [5.41, 5.74) is 7.34. The van der Waals surface area contributed by atoms with Gasteiger partial charge in [0.25, 0.3) is 5.91 Å². The van der Waals surface area contributed by atoms with E-state index >= 15 is 0 Å². The smallest absolute Gasteiger partial charge is 0.251 e. The Morgan fingerprint density at radius 1 is 0.833 bits per heavy atom. The molecule has 3 aromatic heterocycles.